The third-order valence-electron chi connectivity index (χ3n) is 1.30. The minimum Gasteiger partial charge on any atom is -0.479 e. The molecule has 0 heterocycles. The second-order valence-electron chi connectivity index (χ2n) is 2.29. The molecule has 0 aliphatic heterocycles. The maximum absolute atomic E-state index is 10.9. The average molecular weight is 190 g/mol. The molecule has 0 bridgehead atoms. The highest BCUT2D eigenvalue weighted by Gasteiger charge is 2.21. The van der Waals surface area contributed by atoms with Crippen molar-refractivity contribution in [1.29, 1.82) is 0 Å². The Morgan fingerprint density at radius 2 is 1.92 bits per heavy atom. The molecule has 0 aromatic heterocycles. The summed E-state index contributed by atoms with van der Waals surface area (Å²) < 4.78 is 9.41. The van der Waals surface area contributed by atoms with Gasteiger partial charge in [0.15, 0.2) is 6.10 Å². The molecule has 76 valence electrons. The number of ether oxygens (including phenoxy) is 2. The van der Waals surface area contributed by atoms with Gasteiger partial charge in [-0.3, -0.25) is 4.79 Å². The van der Waals surface area contributed by atoms with Gasteiger partial charge < -0.3 is 14.6 Å². The standard InChI is InChI=1S/C8H14O5/c1-3-12-6(8(10)11)5-7(9)13-4-2/h6H,3-5H2,1-2H3,(H,10,11)/t6-/m0/s1. The van der Waals surface area contributed by atoms with E-state index in [0.29, 0.717) is 0 Å². The molecule has 0 amide bonds. The van der Waals surface area contributed by atoms with Crippen LogP contribution in [-0.4, -0.2) is 36.4 Å². The van der Waals surface area contributed by atoms with Crippen molar-refractivity contribution in [2.75, 3.05) is 13.2 Å². The van der Waals surface area contributed by atoms with Crippen LogP contribution in [0.5, 0.6) is 0 Å². The summed E-state index contributed by atoms with van der Waals surface area (Å²) in [5.74, 6) is -1.70. The van der Waals surface area contributed by atoms with E-state index in [1.54, 1.807) is 13.8 Å². The Hall–Kier alpha value is -1.10. The molecule has 0 aromatic rings. The zero-order valence-corrected chi connectivity index (χ0v) is 7.78. The normalized spacial score (nSPS) is 12.2. The van der Waals surface area contributed by atoms with Gasteiger partial charge in [-0.15, -0.1) is 0 Å². The van der Waals surface area contributed by atoms with Gasteiger partial charge >= 0.3 is 11.9 Å². The Labute approximate surface area is 76.6 Å². The predicted octanol–water partition coefficient (Wildman–Crippen LogP) is 0.429. The van der Waals surface area contributed by atoms with Crippen LogP contribution in [0.3, 0.4) is 0 Å². The molecule has 0 aromatic carbocycles. The van der Waals surface area contributed by atoms with Crippen LogP contribution in [0.1, 0.15) is 20.3 Å². The summed E-state index contributed by atoms with van der Waals surface area (Å²) in [6, 6.07) is 0. The first-order valence-electron chi connectivity index (χ1n) is 4.11. The van der Waals surface area contributed by atoms with E-state index in [2.05, 4.69) is 4.74 Å². The van der Waals surface area contributed by atoms with Crippen molar-refractivity contribution in [1.82, 2.24) is 0 Å². The van der Waals surface area contributed by atoms with Crippen LogP contribution in [0.15, 0.2) is 0 Å². The number of carboxylic acids is 1. The van der Waals surface area contributed by atoms with Crippen LogP contribution in [0.4, 0.5) is 0 Å². The molecule has 5 heteroatoms. The number of aliphatic carboxylic acids is 1. The zero-order valence-electron chi connectivity index (χ0n) is 7.78. The summed E-state index contributed by atoms with van der Waals surface area (Å²) in [6.45, 7) is 3.84. The van der Waals surface area contributed by atoms with Crippen molar-refractivity contribution in [3.05, 3.63) is 0 Å². The zero-order chi connectivity index (χ0) is 10.3. The first-order chi connectivity index (χ1) is 6.11. The van der Waals surface area contributed by atoms with E-state index in [-0.39, 0.29) is 19.6 Å². The van der Waals surface area contributed by atoms with Crippen LogP contribution in [0.2, 0.25) is 0 Å². The number of rotatable bonds is 6. The summed E-state index contributed by atoms with van der Waals surface area (Å²) >= 11 is 0. The molecule has 0 fully saturated rings. The third-order valence-corrected chi connectivity index (χ3v) is 1.30. The lowest BCUT2D eigenvalue weighted by Gasteiger charge is -2.10. The molecule has 0 saturated carbocycles. The van der Waals surface area contributed by atoms with Crippen molar-refractivity contribution >= 4 is 11.9 Å². The minimum absolute atomic E-state index is 0.239. The molecule has 0 aliphatic carbocycles. The molecule has 1 N–H and O–H groups in total. The third kappa shape index (κ3) is 5.19. The molecule has 0 saturated heterocycles. The molecule has 0 unspecified atom stereocenters. The van der Waals surface area contributed by atoms with E-state index >= 15 is 0 Å². The lowest BCUT2D eigenvalue weighted by molar-refractivity contribution is -0.158. The molecule has 0 rings (SSSR count). The van der Waals surface area contributed by atoms with E-state index in [1.807, 2.05) is 0 Å². The lowest BCUT2D eigenvalue weighted by atomic mass is 10.2. The average Bonchev–Trinajstić information content (AvgIpc) is 2.04. The fraction of sp³-hybridized carbons (Fsp3) is 0.750. The highest BCUT2D eigenvalue weighted by Crippen LogP contribution is 2.00. The van der Waals surface area contributed by atoms with Crippen molar-refractivity contribution in [2.45, 2.75) is 26.4 Å². The maximum Gasteiger partial charge on any atom is 0.333 e. The Kier molecular flexibility index (Phi) is 5.88. The molecule has 0 spiro atoms. The monoisotopic (exact) mass is 190 g/mol. The number of carboxylic acid groups (broad SMARTS) is 1. The van der Waals surface area contributed by atoms with Crippen LogP contribution >= 0.6 is 0 Å². The summed E-state index contributed by atoms with van der Waals surface area (Å²) in [4.78, 5) is 21.4. The van der Waals surface area contributed by atoms with Gasteiger partial charge in [0.25, 0.3) is 0 Å². The highest BCUT2D eigenvalue weighted by molar-refractivity contribution is 5.80. The predicted molar refractivity (Wildman–Crippen MR) is 44.3 cm³/mol. The van der Waals surface area contributed by atoms with Crippen LogP contribution in [-0.2, 0) is 19.1 Å². The van der Waals surface area contributed by atoms with Crippen LogP contribution < -0.4 is 0 Å². The van der Waals surface area contributed by atoms with Gasteiger partial charge in [-0.25, -0.2) is 4.79 Å². The van der Waals surface area contributed by atoms with Crippen LogP contribution in [0, 0.1) is 0 Å². The van der Waals surface area contributed by atoms with Crippen molar-refractivity contribution in [3.63, 3.8) is 0 Å². The summed E-state index contributed by atoms with van der Waals surface area (Å²) in [6.07, 6.45) is -1.33. The fourth-order valence-electron chi connectivity index (χ4n) is 0.790. The molecule has 5 nitrogen and oxygen atoms in total. The Morgan fingerprint density at radius 1 is 1.31 bits per heavy atom. The Morgan fingerprint density at radius 3 is 2.31 bits per heavy atom. The van der Waals surface area contributed by atoms with E-state index in [1.165, 1.54) is 0 Å². The molecular weight excluding hydrogens is 176 g/mol. The minimum atomic E-state index is -1.14. The quantitative estimate of drug-likeness (QED) is 0.615. The van der Waals surface area contributed by atoms with Crippen LogP contribution in [0.25, 0.3) is 0 Å². The van der Waals surface area contributed by atoms with Gasteiger partial charge in [0, 0.05) is 6.61 Å². The Bertz CT molecular complexity index is 177. The summed E-state index contributed by atoms with van der Waals surface area (Å²) in [5.41, 5.74) is 0. The smallest absolute Gasteiger partial charge is 0.333 e. The van der Waals surface area contributed by atoms with Gasteiger partial charge in [0.05, 0.1) is 13.0 Å². The number of carbonyl (C=O) groups is 2. The van der Waals surface area contributed by atoms with Gasteiger partial charge in [0.2, 0.25) is 0 Å². The number of esters is 1. The number of hydrogen-bond donors (Lipinski definition) is 1. The van der Waals surface area contributed by atoms with E-state index in [4.69, 9.17) is 9.84 Å². The van der Waals surface area contributed by atoms with Gasteiger partial charge in [-0.05, 0) is 13.8 Å². The van der Waals surface area contributed by atoms with Crippen molar-refractivity contribution in [2.24, 2.45) is 0 Å². The topological polar surface area (TPSA) is 72.8 Å². The second-order valence-corrected chi connectivity index (χ2v) is 2.29. The molecule has 0 radical (unpaired) electrons. The van der Waals surface area contributed by atoms with E-state index in [9.17, 15) is 9.59 Å². The lowest BCUT2D eigenvalue weighted by Crippen LogP contribution is -2.27. The maximum atomic E-state index is 10.9. The molecule has 1 atom stereocenters. The Balaban J connectivity index is 3.94. The highest BCUT2D eigenvalue weighted by atomic mass is 16.5. The molecular formula is C8H14O5. The van der Waals surface area contributed by atoms with Crippen molar-refractivity contribution < 1.29 is 24.2 Å². The first kappa shape index (κ1) is 11.9. The second kappa shape index (κ2) is 6.42. The van der Waals surface area contributed by atoms with Gasteiger partial charge in [0.1, 0.15) is 0 Å². The van der Waals surface area contributed by atoms with Crippen molar-refractivity contribution in [3.8, 4) is 0 Å². The largest absolute Gasteiger partial charge is 0.479 e. The molecule has 13 heavy (non-hydrogen) atoms. The summed E-state index contributed by atoms with van der Waals surface area (Å²) in [5, 5.41) is 8.59. The van der Waals surface area contributed by atoms with E-state index in [0.717, 1.165) is 0 Å². The number of hydrogen-bond acceptors (Lipinski definition) is 4. The SMILES string of the molecule is CCOC(=O)C[C@H](OCC)C(=O)O. The van der Waals surface area contributed by atoms with E-state index < -0.39 is 18.0 Å². The van der Waals surface area contributed by atoms with Gasteiger partial charge in [-0.1, -0.05) is 0 Å². The first-order valence-corrected chi connectivity index (χ1v) is 4.11. The fourth-order valence-corrected chi connectivity index (χ4v) is 0.790. The number of carbonyl (C=O) groups excluding carboxylic acids is 1. The molecule has 0 aliphatic rings. The van der Waals surface area contributed by atoms with Gasteiger partial charge in [-0.2, -0.15) is 0 Å². The summed E-state index contributed by atoms with van der Waals surface area (Å²) in [7, 11) is 0.